The molecule has 1 aromatic heterocycles. The first-order valence-corrected chi connectivity index (χ1v) is 14.2. The van der Waals surface area contributed by atoms with Crippen LogP contribution >= 0.6 is 11.6 Å². The number of carbonyl (C=O) groups excluding carboxylic acids is 3. The van der Waals surface area contributed by atoms with Gasteiger partial charge in [0.15, 0.2) is 0 Å². The van der Waals surface area contributed by atoms with E-state index in [0.29, 0.717) is 34.4 Å². The summed E-state index contributed by atoms with van der Waals surface area (Å²) in [6.45, 7) is 13.3. The molecule has 224 valence electrons. The third-order valence-corrected chi connectivity index (χ3v) is 6.70. The van der Waals surface area contributed by atoms with Crippen LogP contribution in [0.1, 0.15) is 83.4 Å². The highest BCUT2D eigenvalue weighted by Gasteiger charge is 2.26. The fraction of sp³-hybridized carbons (Fsp3) is 0.394. The molecule has 0 aliphatic rings. The van der Waals surface area contributed by atoms with E-state index in [1.165, 1.54) is 13.2 Å². The van der Waals surface area contributed by atoms with Gasteiger partial charge < -0.3 is 19.5 Å². The van der Waals surface area contributed by atoms with E-state index >= 15 is 0 Å². The lowest BCUT2D eigenvalue weighted by molar-refractivity contribution is 0.0470. The largest absolute Gasteiger partial charge is 0.465 e. The summed E-state index contributed by atoms with van der Waals surface area (Å²) in [4.78, 5) is 43.1. The van der Waals surface area contributed by atoms with Gasteiger partial charge in [-0.1, -0.05) is 61.3 Å². The number of ether oxygens (including phenoxy) is 3. The fourth-order valence-electron chi connectivity index (χ4n) is 4.44. The van der Waals surface area contributed by atoms with Gasteiger partial charge in [-0.2, -0.15) is 0 Å². The van der Waals surface area contributed by atoms with Crippen LogP contribution in [0.4, 0.5) is 4.79 Å². The van der Waals surface area contributed by atoms with E-state index in [-0.39, 0.29) is 24.1 Å². The molecule has 42 heavy (non-hydrogen) atoms. The van der Waals surface area contributed by atoms with Crippen LogP contribution in [0, 0.1) is 19.8 Å². The molecule has 3 rings (SSSR count). The van der Waals surface area contributed by atoms with Crippen molar-refractivity contribution in [3.63, 3.8) is 0 Å². The average Bonchev–Trinajstić information content (AvgIpc) is 2.90. The van der Waals surface area contributed by atoms with E-state index in [4.69, 9.17) is 30.8 Å². The first kappa shape index (κ1) is 32.6. The monoisotopic (exact) mass is 594 g/mol. The summed E-state index contributed by atoms with van der Waals surface area (Å²) >= 11 is 6.38. The maximum atomic E-state index is 13.8. The van der Waals surface area contributed by atoms with Gasteiger partial charge >= 0.3 is 18.0 Å². The van der Waals surface area contributed by atoms with E-state index in [0.717, 1.165) is 22.4 Å². The van der Waals surface area contributed by atoms with Crippen molar-refractivity contribution in [3.8, 4) is 11.1 Å². The zero-order chi connectivity index (χ0) is 31.2. The molecule has 0 unspecified atom stereocenters. The number of methoxy groups -OCH3 is 1. The van der Waals surface area contributed by atoms with Crippen molar-refractivity contribution < 1.29 is 28.6 Å². The molecule has 0 atom stereocenters. The number of halogens is 1. The van der Waals surface area contributed by atoms with Gasteiger partial charge in [0.05, 0.1) is 23.9 Å². The summed E-state index contributed by atoms with van der Waals surface area (Å²) in [5, 5.41) is 3.12. The van der Waals surface area contributed by atoms with Crippen LogP contribution in [0.3, 0.4) is 0 Å². The van der Waals surface area contributed by atoms with Crippen LogP contribution in [-0.2, 0) is 33.8 Å². The molecule has 0 bridgehead atoms. The van der Waals surface area contributed by atoms with E-state index in [1.807, 2.05) is 31.2 Å². The summed E-state index contributed by atoms with van der Waals surface area (Å²) in [5.74, 6) is -0.826. The quantitative estimate of drug-likeness (QED) is 0.203. The predicted molar refractivity (Wildman–Crippen MR) is 163 cm³/mol. The zero-order valence-corrected chi connectivity index (χ0v) is 26.3. The van der Waals surface area contributed by atoms with Crippen molar-refractivity contribution in [2.24, 2.45) is 5.92 Å². The molecule has 0 radical (unpaired) electrons. The third-order valence-electron chi connectivity index (χ3n) is 6.35. The molecule has 0 aliphatic heterocycles. The smallest absolute Gasteiger partial charge is 0.407 e. The third kappa shape index (κ3) is 8.55. The summed E-state index contributed by atoms with van der Waals surface area (Å²) in [6.07, 6.45) is 0.0743. The van der Waals surface area contributed by atoms with Gasteiger partial charge in [-0.05, 0) is 64.7 Å². The molecule has 0 saturated heterocycles. The summed E-state index contributed by atoms with van der Waals surface area (Å²) in [5.41, 5.74) is 4.98. The molecular weight excluding hydrogens is 556 g/mol. The summed E-state index contributed by atoms with van der Waals surface area (Å²) in [6, 6.07) is 12.5. The van der Waals surface area contributed by atoms with E-state index in [9.17, 15) is 14.4 Å². The molecule has 2 aromatic carbocycles. The Labute approximate surface area is 252 Å². The van der Waals surface area contributed by atoms with Gasteiger partial charge in [-0.3, -0.25) is 4.98 Å². The van der Waals surface area contributed by atoms with Crippen molar-refractivity contribution in [1.29, 1.82) is 0 Å². The standard InChI is InChI=1S/C33H39ClN2O6/c1-19(2)15-27-25(17-35-32(39)42-33(5,6)7)29(22-11-9-20(3)10-12-22)28(21(4)36-27)31(38)41-18-24-14-13-23(16-26(24)34)30(37)40-8/h9-14,16,19H,15,17-18H2,1-8H3,(H,35,39). The normalized spacial score (nSPS) is 11.3. The number of nitrogens with zero attached hydrogens (tertiary/aromatic N) is 1. The number of aromatic nitrogens is 1. The van der Waals surface area contributed by atoms with Crippen molar-refractivity contribution in [2.75, 3.05) is 7.11 Å². The molecule has 1 heterocycles. The number of aryl methyl sites for hydroxylation is 2. The number of amides is 1. The van der Waals surface area contributed by atoms with E-state index in [1.54, 1.807) is 39.8 Å². The van der Waals surface area contributed by atoms with Gasteiger partial charge in [0, 0.05) is 34.0 Å². The lowest BCUT2D eigenvalue weighted by Gasteiger charge is -2.23. The maximum absolute atomic E-state index is 13.8. The number of carbonyl (C=O) groups is 3. The first-order chi connectivity index (χ1) is 19.7. The van der Waals surface area contributed by atoms with Crippen LogP contribution in [0.15, 0.2) is 42.5 Å². The Balaban J connectivity index is 2.08. The number of nitrogens with one attached hydrogen (secondary N) is 1. The zero-order valence-electron chi connectivity index (χ0n) is 25.5. The van der Waals surface area contributed by atoms with Crippen LogP contribution in [0.25, 0.3) is 11.1 Å². The Morgan fingerprint density at radius 1 is 1.00 bits per heavy atom. The predicted octanol–water partition coefficient (Wildman–Crippen LogP) is 7.39. The molecular formula is C33H39ClN2O6. The molecule has 1 amide bonds. The minimum absolute atomic E-state index is 0.106. The number of benzene rings is 2. The molecule has 0 saturated carbocycles. The molecule has 0 aliphatic carbocycles. The molecule has 0 fully saturated rings. The second-order valence-electron chi connectivity index (χ2n) is 11.6. The summed E-state index contributed by atoms with van der Waals surface area (Å²) < 4.78 is 16.0. The second-order valence-corrected chi connectivity index (χ2v) is 12.0. The number of pyridine rings is 1. The van der Waals surface area contributed by atoms with Crippen molar-refractivity contribution >= 4 is 29.6 Å². The molecule has 9 heteroatoms. The van der Waals surface area contributed by atoms with Gasteiger partial charge in [0.1, 0.15) is 12.2 Å². The minimum atomic E-state index is -0.665. The molecule has 8 nitrogen and oxygen atoms in total. The van der Waals surface area contributed by atoms with Gasteiger partial charge in [-0.15, -0.1) is 0 Å². The van der Waals surface area contributed by atoms with Crippen LogP contribution in [0.2, 0.25) is 5.02 Å². The van der Waals surface area contributed by atoms with Crippen LogP contribution < -0.4 is 5.32 Å². The second kappa shape index (κ2) is 13.8. The average molecular weight is 595 g/mol. The number of alkyl carbamates (subject to hydrolysis) is 1. The Kier molecular flexibility index (Phi) is 10.7. The molecule has 1 N–H and O–H groups in total. The van der Waals surface area contributed by atoms with E-state index in [2.05, 4.69) is 19.2 Å². The van der Waals surface area contributed by atoms with E-state index < -0.39 is 23.6 Å². The van der Waals surface area contributed by atoms with Crippen molar-refractivity contribution in [2.45, 2.75) is 73.6 Å². The Morgan fingerprint density at radius 2 is 1.67 bits per heavy atom. The highest BCUT2D eigenvalue weighted by molar-refractivity contribution is 6.31. The maximum Gasteiger partial charge on any atom is 0.407 e. The Bertz CT molecular complexity index is 1460. The van der Waals surface area contributed by atoms with Crippen LogP contribution in [-0.4, -0.2) is 35.7 Å². The number of hydrogen-bond acceptors (Lipinski definition) is 7. The lowest BCUT2D eigenvalue weighted by atomic mass is 9.89. The van der Waals surface area contributed by atoms with Gasteiger partial charge in [0.2, 0.25) is 0 Å². The fourth-order valence-corrected chi connectivity index (χ4v) is 4.67. The SMILES string of the molecule is COC(=O)c1ccc(COC(=O)c2c(C)nc(CC(C)C)c(CNC(=O)OC(C)(C)C)c2-c2ccc(C)cc2)c(Cl)c1. The Morgan fingerprint density at radius 3 is 2.24 bits per heavy atom. The van der Waals surface area contributed by atoms with Gasteiger partial charge in [0.25, 0.3) is 0 Å². The number of rotatable bonds is 9. The van der Waals surface area contributed by atoms with Crippen molar-refractivity contribution in [3.05, 3.63) is 86.7 Å². The lowest BCUT2D eigenvalue weighted by Crippen LogP contribution is -2.32. The van der Waals surface area contributed by atoms with Gasteiger partial charge in [-0.25, -0.2) is 14.4 Å². The highest BCUT2D eigenvalue weighted by atomic mass is 35.5. The topological polar surface area (TPSA) is 104 Å². The molecule has 0 spiro atoms. The van der Waals surface area contributed by atoms with Crippen molar-refractivity contribution in [1.82, 2.24) is 10.3 Å². The minimum Gasteiger partial charge on any atom is -0.465 e. The molecule has 3 aromatic rings. The highest BCUT2D eigenvalue weighted by Crippen LogP contribution is 2.34. The first-order valence-electron chi connectivity index (χ1n) is 13.8. The number of esters is 2. The summed E-state index contributed by atoms with van der Waals surface area (Å²) in [7, 11) is 1.29. The Hall–Kier alpha value is -3.91. The number of hydrogen-bond donors (Lipinski definition) is 1. The van der Waals surface area contributed by atoms with Crippen LogP contribution in [0.5, 0.6) is 0 Å².